The van der Waals surface area contributed by atoms with Crippen molar-refractivity contribution < 1.29 is 4.74 Å². The molecule has 1 atom stereocenters. The second-order valence-corrected chi connectivity index (χ2v) is 6.60. The zero-order valence-corrected chi connectivity index (χ0v) is 13.4. The summed E-state index contributed by atoms with van der Waals surface area (Å²) in [6, 6.07) is 6.56. The molecule has 0 amide bonds. The maximum absolute atomic E-state index is 6.13. The van der Waals surface area contributed by atoms with Gasteiger partial charge in [-0.2, -0.15) is 0 Å². The summed E-state index contributed by atoms with van der Waals surface area (Å²) < 4.78 is 6.13. The second kappa shape index (κ2) is 6.80. The predicted octanol–water partition coefficient (Wildman–Crippen LogP) is 2.62. The van der Waals surface area contributed by atoms with E-state index in [4.69, 9.17) is 4.74 Å². The second-order valence-electron chi connectivity index (χ2n) is 6.60. The summed E-state index contributed by atoms with van der Waals surface area (Å²) in [4.78, 5) is 2.58. The Kier molecular flexibility index (Phi) is 4.81. The molecule has 2 heterocycles. The van der Waals surface area contributed by atoms with Gasteiger partial charge in [0.15, 0.2) is 0 Å². The molecule has 0 aromatic heterocycles. The van der Waals surface area contributed by atoms with E-state index in [0.717, 1.165) is 31.2 Å². The van der Waals surface area contributed by atoms with E-state index in [9.17, 15) is 0 Å². The zero-order chi connectivity index (χ0) is 14.7. The summed E-state index contributed by atoms with van der Waals surface area (Å²) in [7, 11) is 0. The van der Waals surface area contributed by atoms with Gasteiger partial charge in [-0.05, 0) is 56.9 Å². The third-order valence-corrected chi connectivity index (χ3v) is 4.84. The van der Waals surface area contributed by atoms with E-state index in [0.29, 0.717) is 6.10 Å². The highest BCUT2D eigenvalue weighted by molar-refractivity contribution is 5.40. The molecule has 21 heavy (non-hydrogen) atoms. The molecular formula is C18H28N2O. The van der Waals surface area contributed by atoms with Gasteiger partial charge in [0, 0.05) is 19.5 Å². The first-order chi connectivity index (χ1) is 10.2. The van der Waals surface area contributed by atoms with Crippen LogP contribution >= 0.6 is 0 Å². The number of nitrogens with zero attached hydrogens (tertiary/aromatic N) is 1. The molecule has 116 valence electrons. The normalized spacial score (nSPS) is 22.3. The molecule has 3 heteroatoms. The third kappa shape index (κ3) is 3.78. The summed E-state index contributed by atoms with van der Waals surface area (Å²) >= 11 is 0. The Balaban J connectivity index is 1.53. The Morgan fingerprint density at radius 2 is 2.05 bits per heavy atom. The molecule has 3 rings (SSSR count). The minimum absolute atomic E-state index is 0.337. The zero-order valence-electron chi connectivity index (χ0n) is 13.4. The lowest BCUT2D eigenvalue weighted by molar-refractivity contribution is 0.133. The van der Waals surface area contributed by atoms with Crippen LogP contribution in [0.5, 0.6) is 5.75 Å². The molecule has 0 bridgehead atoms. The highest BCUT2D eigenvalue weighted by atomic mass is 16.5. The Hall–Kier alpha value is -1.06. The van der Waals surface area contributed by atoms with Crippen molar-refractivity contribution in [3.8, 4) is 5.75 Å². The van der Waals surface area contributed by atoms with Gasteiger partial charge in [0.1, 0.15) is 11.9 Å². The van der Waals surface area contributed by atoms with Crippen molar-refractivity contribution in [2.75, 3.05) is 32.7 Å². The lowest BCUT2D eigenvalue weighted by atomic mass is 9.97. The quantitative estimate of drug-likeness (QED) is 0.901. The fraction of sp³-hybridized carbons (Fsp3) is 0.667. The van der Waals surface area contributed by atoms with E-state index < -0.39 is 0 Å². The van der Waals surface area contributed by atoms with Gasteiger partial charge in [0.2, 0.25) is 0 Å². The number of fused-ring (bicyclic) bond motifs is 1. The number of piperidine rings is 1. The Bertz CT molecular complexity index is 468. The van der Waals surface area contributed by atoms with Gasteiger partial charge >= 0.3 is 0 Å². The summed E-state index contributed by atoms with van der Waals surface area (Å²) in [5.74, 6) is 1.96. The molecule has 0 saturated carbocycles. The summed E-state index contributed by atoms with van der Waals surface area (Å²) in [6.45, 7) is 10.2. The van der Waals surface area contributed by atoms with Crippen LogP contribution in [0.1, 0.15) is 30.9 Å². The summed E-state index contributed by atoms with van der Waals surface area (Å²) in [6.07, 6.45) is 4.05. The van der Waals surface area contributed by atoms with Crippen molar-refractivity contribution in [3.05, 3.63) is 29.3 Å². The number of nitrogens with one attached hydrogen (secondary N) is 1. The molecular weight excluding hydrogens is 260 g/mol. The van der Waals surface area contributed by atoms with E-state index in [1.165, 1.54) is 43.6 Å². The Labute approximate surface area is 128 Å². The molecule has 1 aromatic rings. The fourth-order valence-electron chi connectivity index (χ4n) is 3.60. The van der Waals surface area contributed by atoms with Crippen LogP contribution < -0.4 is 10.1 Å². The number of rotatable bonds is 5. The van der Waals surface area contributed by atoms with Crippen LogP contribution in [0, 0.1) is 12.8 Å². The number of hydrogen-bond acceptors (Lipinski definition) is 3. The molecule has 1 saturated heterocycles. The van der Waals surface area contributed by atoms with Gasteiger partial charge in [-0.15, -0.1) is 0 Å². The molecule has 0 spiro atoms. The number of ether oxygens (including phenoxy) is 1. The molecule has 0 aliphatic carbocycles. The van der Waals surface area contributed by atoms with Gasteiger partial charge in [-0.25, -0.2) is 0 Å². The number of likely N-dealkylation sites (N-methyl/N-ethyl adjacent to an activating group) is 1. The smallest absolute Gasteiger partial charge is 0.123 e. The van der Waals surface area contributed by atoms with Crippen molar-refractivity contribution >= 4 is 0 Å². The minimum Gasteiger partial charge on any atom is -0.488 e. The molecule has 1 aromatic carbocycles. The molecule has 2 aliphatic heterocycles. The maximum atomic E-state index is 6.13. The van der Waals surface area contributed by atoms with Crippen LogP contribution in [-0.2, 0) is 6.42 Å². The number of benzene rings is 1. The molecule has 1 fully saturated rings. The van der Waals surface area contributed by atoms with Crippen LogP contribution in [0.2, 0.25) is 0 Å². The highest BCUT2D eigenvalue weighted by Crippen LogP contribution is 2.30. The number of aryl methyl sites for hydroxylation is 1. The predicted molar refractivity (Wildman–Crippen MR) is 87.0 cm³/mol. The topological polar surface area (TPSA) is 24.5 Å². The lowest BCUT2D eigenvalue weighted by Gasteiger charge is -2.30. The third-order valence-electron chi connectivity index (χ3n) is 4.84. The summed E-state index contributed by atoms with van der Waals surface area (Å²) in [5.41, 5.74) is 2.72. The first kappa shape index (κ1) is 14.9. The van der Waals surface area contributed by atoms with Crippen molar-refractivity contribution in [1.82, 2.24) is 10.2 Å². The molecule has 0 radical (unpaired) electrons. The Morgan fingerprint density at radius 1 is 1.24 bits per heavy atom. The standard InChI is InChI=1S/C18H28N2O/c1-3-20(12-15-6-8-19-9-7-15)13-17-11-16-10-14(2)4-5-18(16)21-17/h4-5,10,15,17,19H,3,6-9,11-13H2,1-2H3. The van der Waals surface area contributed by atoms with Gasteiger partial charge in [-0.3, -0.25) is 4.90 Å². The van der Waals surface area contributed by atoms with Crippen LogP contribution in [-0.4, -0.2) is 43.7 Å². The van der Waals surface area contributed by atoms with Crippen molar-refractivity contribution in [3.63, 3.8) is 0 Å². The SMILES string of the molecule is CCN(CC1CCNCC1)CC1Cc2cc(C)ccc2O1. The van der Waals surface area contributed by atoms with Crippen LogP contribution in [0.3, 0.4) is 0 Å². The van der Waals surface area contributed by atoms with Gasteiger partial charge in [0.05, 0.1) is 0 Å². The fourth-order valence-corrected chi connectivity index (χ4v) is 3.60. The van der Waals surface area contributed by atoms with Crippen molar-refractivity contribution in [2.45, 2.75) is 39.2 Å². The number of hydrogen-bond donors (Lipinski definition) is 1. The van der Waals surface area contributed by atoms with E-state index in [1.54, 1.807) is 0 Å². The van der Waals surface area contributed by atoms with Crippen molar-refractivity contribution in [1.29, 1.82) is 0 Å². The highest BCUT2D eigenvalue weighted by Gasteiger charge is 2.25. The first-order valence-electron chi connectivity index (χ1n) is 8.44. The van der Waals surface area contributed by atoms with E-state index >= 15 is 0 Å². The van der Waals surface area contributed by atoms with Crippen LogP contribution in [0.4, 0.5) is 0 Å². The van der Waals surface area contributed by atoms with Crippen LogP contribution in [0.25, 0.3) is 0 Å². The largest absolute Gasteiger partial charge is 0.488 e. The monoisotopic (exact) mass is 288 g/mol. The van der Waals surface area contributed by atoms with Gasteiger partial charge in [-0.1, -0.05) is 24.6 Å². The van der Waals surface area contributed by atoms with Gasteiger partial charge in [0.25, 0.3) is 0 Å². The lowest BCUT2D eigenvalue weighted by Crippen LogP contribution is -2.40. The first-order valence-corrected chi connectivity index (χ1v) is 8.44. The van der Waals surface area contributed by atoms with E-state index in [1.807, 2.05) is 0 Å². The van der Waals surface area contributed by atoms with Crippen molar-refractivity contribution in [2.24, 2.45) is 5.92 Å². The average Bonchev–Trinajstić information content (AvgIpc) is 2.89. The molecule has 2 aliphatic rings. The Morgan fingerprint density at radius 3 is 2.81 bits per heavy atom. The van der Waals surface area contributed by atoms with Gasteiger partial charge < -0.3 is 10.1 Å². The maximum Gasteiger partial charge on any atom is 0.123 e. The van der Waals surface area contributed by atoms with E-state index in [-0.39, 0.29) is 0 Å². The molecule has 1 unspecified atom stereocenters. The van der Waals surface area contributed by atoms with E-state index in [2.05, 4.69) is 42.3 Å². The average molecular weight is 288 g/mol. The minimum atomic E-state index is 0.337. The van der Waals surface area contributed by atoms with Crippen LogP contribution in [0.15, 0.2) is 18.2 Å². The molecule has 1 N–H and O–H groups in total. The molecule has 3 nitrogen and oxygen atoms in total. The summed E-state index contributed by atoms with van der Waals surface area (Å²) in [5, 5.41) is 3.45.